The quantitative estimate of drug-likeness (QED) is 0.772. The number of para-hydroxylation sites is 1. The normalized spacial score (nSPS) is 24.4. The van der Waals surface area contributed by atoms with Gasteiger partial charge < -0.3 is 9.47 Å². The highest BCUT2D eigenvalue weighted by atomic mass is 32.2. The van der Waals surface area contributed by atoms with E-state index in [1.807, 2.05) is 32.9 Å². The third-order valence-corrected chi connectivity index (χ3v) is 5.75. The average molecular weight is 349 g/mol. The number of carbonyl (C=O) groups is 2. The van der Waals surface area contributed by atoms with E-state index in [2.05, 4.69) is 0 Å². The Morgan fingerprint density at radius 2 is 2.08 bits per heavy atom. The molecule has 0 aromatic heterocycles. The van der Waals surface area contributed by atoms with E-state index in [9.17, 15) is 9.59 Å². The zero-order valence-corrected chi connectivity index (χ0v) is 15.4. The molecule has 1 aromatic rings. The molecule has 3 rings (SSSR count). The molecular weight excluding hydrogens is 326 g/mol. The van der Waals surface area contributed by atoms with Crippen LogP contribution in [0.5, 0.6) is 11.5 Å². The molecule has 1 aliphatic carbocycles. The molecule has 2 aliphatic rings. The monoisotopic (exact) mass is 349 g/mol. The highest BCUT2D eigenvalue weighted by Crippen LogP contribution is 2.43. The maximum absolute atomic E-state index is 12.4. The fourth-order valence-corrected chi connectivity index (χ4v) is 4.41. The van der Waals surface area contributed by atoms with Crippen LogP contribution >= 0.6 is 11.9 Å². The molecule has 0 spiro atoms. The van der Waals surface area contributed by atoms with E-state index in [1.54, 1.807) is 13.1 Å². The van der Waals surface area contributed by atoms with Crippen molar-refractivity contribution in [3.63, 3.8) is 0 Å². The van der Waals surface area contributed by atoms with Gasteiger partial charge in [-0.2, -0.15) is 0 Å². The van der Waals surface area contributed by atoms with Crippen LogP contribution in [0.3, 0.4) is 0 Å². The molecule has 1 fully saturated rings. The van der Waals surface area contributed by atoms with Gasteiger partial charge in [0.2, 0.25) is 0 Å². The Hall–Kier alpha value is -1.69. The summed E-state index contributed by atoms with van der Waals surface area (Å²) in [5, 5.41) is 0. The molecule has 0 radical (unpaired) electrons. The second kappa shape index (κ2) is 5.99. The molecule has 1 saturated carbocycles. The Bertz CT molecular complexity index is 688. The number of carbonyl (C=O) groups excluding carboxylic acids is 2. The fourth-order valence-electron chi connectivity index (χ4n) is 3.25. The molecule has 1 heterocycles. The molecule has 6 heteroatoms. The molecule has 1 atom stereocenters. The Morgan fingerprint density at radius 1 is 1.33 bits per heavy atom. The van der Waals surface area contributed by atoms with E-state index in [0.29, 0.717) is 17.9 Å². The van der Waals surface area contributed by atoms with E-state index < -0.39 is 10.8 Å². The largest absolute Gasteiger partial charge is 0.483 e. The standard InChI is InChI=1S/C18H23NO4S/c1-17(2)11-12-7-5-8-13(15(12)23-17)22-16(21)19(4)24-18(3)10-6-9-14(18)20/h5,7-8H,6,9-11H2,1-4H3. The zero-order chi connectivity index (χ0) is 17.5. The van der Waals surface area contributed by atoms with Gasteiger partial charge in [0, 0.05) is 25.5 Å². The number of hydrogen-bond donors (Lipinski definition) is 0. The number of ketones is 1. The lowest BCUT2D eigenvalue weighted by Gasteiger charge is -2.26. The summed E-state index contributed by atoms with van der Waals surface area (Å²) in [4.78, 5) is 24.4. The summed E-state index contributed by atoms with van der Waals surface area (Å²) in [7, 11) is 1.64. The molecule has 0 N–H and O–H groups in total. The van der Waals surface area contributed by atoms with Gasteiger partial charge in [0.1, 0.15) is 11.4 Å². The number of fused-ring (bicyclic) bond motifs is 1. The van der Waals surface area contributed by atoms with E-state index >= 15 is 0 Å². The Balaban J connectivity index is 1.70. The maximum Gasteiger partial charge on any atom is 0.425 e. The number of rotatable bonds is 3. The van der Waals surface area contributed by atoms with Crippen molar-refractivity contribution in [2.75, 3.05) is 7.05 Å². The molecule has 0 bridgehead atoms. The van der Waals surface area contributed by atoms with E-state index in [4.69, 9.17) is 9.47 Å². The van der Waals surface area contributed by atoms with Crippen molar-refractivity contribution in [3.05, 3.63) is 23.8 Å². The molecule has 1 amide bonds. The van der Waals surface area contributed by atoms with Gasteiger partial charge in [0.25, 0.3) is 0 Å². The molecule has 0 saturated heterocycles. The smallest absolute Gasteiger partial charge is 0.425 e. The lowest BCUT2D eigenvalue weighted by atomic mass is 10.0. The summed E-state index contributed by atoms with van der Waals surface area (Å²) in [5.74, 6) is 1.26. The van der Waals surface area contributed by atoms with Gasteiger partial charge in [-0.05, 0) is 51.6 Å². The van der Waals surface area contributed by atoms with Crippen LogP contribution in [0.15, 0.2) is 18.2 Å². The number of Topliss-reactive ketones (excluding diaryl/α,β-unsaturated/α-hetero) is 1. The van der Waals surface area contributed by atoms with Gasteiger partial charge in [0.05, 0.1) is 4.75 Å². The number of benzene rings is 1. The number of ether oxygens (including phenoxy) is 2. The lowest BCUT2D eigenvalue weighted by Crippen LogP contribution is -2.34. The van der Waals surface area contributed by atoms with Crippen LogP contribution in [0.25, 0.3) is 0 Å². The van der Waals surface area contributed by atoms with Crippen molar-refractivity contribution in [1.29, 1.82) is 0 Å². The first-order valence-corrected chi connectivity index (χ1v) is 8.96. The maximum atomic E-state index is 12.4. The summed E-state index contributed by atoms with van der Waals surface area (Å²) in [6.07, 6.45) is 2.53. The van der Waals surface area contributed by atoms with Gasteiger partial charge in [-0.25, -0.2) is 4.79 Å². The van der Waals surface area contributed by atoms with Crippen LogP contribution in [0.4, 0.5) is 4.79 Å². The second-order valence-electron chi connectivity index (χ2n) is 7.25. The summed E-state index contributed by atoms with van der Waals surface area (Å²) >= 11 is 1.25. The van der Waals surface area contributed by atoms with Crippen LogP contribution < -0.4 is 9.47 Å². The highest BCUT2D eigenvalue weighted by Gasteiger charge is 2.41. The summed E-state index contributed by atoms with van der Waals surface area (Å²) in [6, 6.07) is 5.58. The van der Waals surface area contributed by atoms with Crippen molar-refractivity contribution in [2.24, 2.45) is 0 Å². The molecule has 5 nitrogen and oxygen atoms in total. The van der Waals surface area contributed by atoms with Crippen molar-refractivity contribution < 1.29 is 19.1 Å². The predicted octanol–water partition coefficient (Wildman–Crippen LogP) is 3.99. The first kappa shape index (κ1) is 17.1. The minimum Gasteiger partial charge on any atom is -0.483 e. The second-order valence-corrected chi connectivity index (χ2v) is 8.88. The minimum absolute atomic E-state index is 0.192. The topological polar surface area (TPSA) is 55.8 Å². The molecule has 130 valence electrons. The van der Waals surface area contributed by atoms with Gasteiger partial charge >= 0.3 is 6.09 Å². The summed E-state index contributed by atoms with van der Waals surface area (Å²) < 4.78 is 12.3. The molecule has 1 unspecified atom stereocenters. The van der Waals surface area contributed by atoms with E-state index in [-0.39, 0.29) is 11.4 Å². The SMILES string of the molecule is CN(SC1(C)CCCC1=O)C(=O)Oc1cccc2c1OC(C)(C)C2. The van der Waals surface area contributed by atoms with Crippen molar-refractivity contribution in [2.45, 2.75) is 56.8 Å². The minimum atomic E-state index is -0.537. The summed E-state index contributed by atoms with van der Waals surface area (Å²) in [6.45, 7) is 5.91. The van der Waals surface area contributed by atoms with Gasteiger partial charge in [-0.3, -0.25) is 9.10 Å². The lowest BCUT2D eigenvalue weighted by molar-refractivity contribution is -0.119. The molecule has 1 aromatic carbocycles. The van der Waals surface area contributed by atoms with Gasteiger partial charge in [-0.15, -0.1) is 0 Å². The predicted molar refractivity (Wildman–Crippen MR) is 93.5 cm³/mol. The Morgan fingerprint density at radius 3 is 2.75 bits per heavy atom. The Labute approximate surface area is 146 Å². The van der Waals surface area contributed by atoms with Crippen LogP contribution in [-0.2, 0) is 11.2 Å². The first-order valence-electron chi connectivity index (χ1n) is 8.19. The van der Waals surface area contributed by atoms with Gasteiger partial charge in [-0.1, -0.05) is 12.1 Å². The van der Waals surface area contributed by atoms with Crippen LogP contribution in [-0.4, -0.2) is 33.6 Å². The van der Waals surface area contributed by atoms with E-state index in [0.717, 1.165) is 24.8 Å². The van der Waals surface area contributed by atoms with E-state index in [1.165, 1.54) is 16.3 Å². The number of nitrogens with zero attached hydrogens (tertiary/aromatic N) is 1. The third kappa shape index (κ3) is 3.24. The first-order chi connectivity index (χ1) is 11.2. The highest BCUT2D eigenvalue weighted by molar-refractivity contribution is 7.99. The molecule has 1 aliphatic heterocycles. The third-order valence-electron chi connectivity index (χ3n) is 4.50. The molecule has 24 heavy (non-hydrogen) atoms. The average Bonchev–Trinajstić information content (AvgIpc) is 2.98. The summed E-state index contributed by atoms with van der Waals surface area (Å²) in [5.41, 5.74) is 0.744. The number of amides is 1. The Kier molecular flexibility index (Phi) is 4.28. The number of hydrogen-bond acceptors (Lipinski definition) is 5. The van der Waals surface area contributed by atoms with Crippen molar-refractivity contribution in [1.82, 2.24) is 4.31 Å². The van der Waals surface area contributed by atoms with Crippen molar-refractivity contribution >= 4 is 23.8 Å². The van der Waals surface area contributed by atoms with Gasteiger partial charge in [0.15, 0.2) is 11.5 Å². The molecular formula is C18H23NO4S. The van der Waals surface area contributed by atoms with Crippen LogP contribution in [0, 0.1) is 0 Å². The fraction of sp³-hybridized carbons (Fsp3) is 0.556. The van der Waals surface area contributed by atoms with Crippen LogP contribution in [0.2, 0.25) is 0 Å². The van der Waals surface area contributed by atoms with Crippen LogP contribution in [0.1, 0.15) is 45.6 Å². The zero-order valence-electron chi connectivity index (χ0n) is 14.5. The van der Waals surface area contributed by atoms with Crippen molar-refractivity contribution in [3.8, 4) is 11.5 Å².